The molecular weight excluding hydrogens is 199 g/mol. The molecular formula is C15H25F. The Balaban J connectivity index is 2.20. The van der Waals surface area contributed by atoms with Crippen LogP contribution in [0.2, 0.25) is 0 Å². The summed E-state index contributed by atoms with van der Waals surface area (Å²) >= 11 is 0. The fraction of sp³-hybridized carbons (Fsp3) is 0.867. The molecule has 0 spiro atoms. The maximum absolute atomic E-state index is 14.0. The Hall–Kier alpha value is -0.330. The van der Waals surface area contributed by atoms with E-state index in [0.29, 0.717) is 11.3 Å². The summed E-state index contributed by atoms with van der Waals surface area (Å²) in [6.07, 6.45) is 7.93. The highest BCUT2D eigenvalue weighted by molar-refractivity contribution is 5.03. The molecule has 0 nitrogen and oxygen atoms in total. The van der Waals surface area contributed by atoms with Gasteiger partial charge in [0.25, 0.3) is 0 Å². The van der Waals surface area contributed by atoms with Gasteiger partial charge in [0.1, 0.15) is 6.17 Å². The molecule has 2 saturated carbocycles. The minimum atomic E-state index is -0.577. The topological polar surface area (TPSA) is 0 Å². The lowest BCUT2D eigenvalue weighted by Crippen LogP contribution is -2.42. The molecule has 0 aliphatic heterocycles. The van der Waals surface area contributed by atoms with E-state index in [1.165, 1.54) is 19.3 Å². The Morgan fingerprint density at radius 1 is 1.38 bits per heavy atom. The lowest BCUT2D eigenvalue weighted by molar-refractivity contribution is -0.00270. The lowest BCUT2D eigenvalue weighted by Gasteiger charge is -2.46. The lowest BCUT2D eigenvalue weighted by atomic mass is 9.60. The highest BCUT2D eigenvalue weighted by Gasteiger charge is 2.52. The van der Waals surface area contributed by atoms with E-state index in [9.17, 15) is 4.39 Å². The summed E-state index contributed by atoms with van der Waals surface area (Å²) in [5, 5.41) is 0. The van der Waals surface area contributed by atoms with E-state index >= 15 is 0 Å². The summed E-state index contributed by atoms with van der Waals surface area (Å²) < 4.78 is 14.0. The summed E-state index contributed by atoms with van der Waals surface area (Å²) in [7, 11) is 0. The van der Waals surface area contributed by atoms with E-state index in [2.05, 4.69) is 20.4 Å². The third-order valence-corrected chi connectivity index (χ3v) is 5.48. The van der Waals surface area contributed by atoms with Crippen molar-refractivity contribution in [1.82, 2.24) is 0 Å². The predicted molar refractivity (Wildman–Crippen MR) is 67.0 cm³/mol. The van der Waals surface area contributed by atoms with Crippen molar-refractivity contribution in [3.63, 3.8) is 0 Å². The first-order valence-electron chi connectivity index (χ1n) is 6.88. The normalized spacial score (nSPS) is 47.7. The molecule has 16 heavy (non-hydrogen) atoms. The van der Waals surface area contributed by atoms with Crippen LogP contribution in [0.15, 0.2) is 12.7 Å². The summed E-state index contributed by atoms with van der Waals surface area (Å²) in [5.74, 6) is 1.70. The van der Waals surface area contributed by atoms with Crippen LogP contribution in [-0.2, 0) is 0 Å². The fourth-order valence-electron chi connectivity index (χ4n) is 4.53. The van der Waals surface area contributed by atoms with Crippen molar-refractivity contribution < 1.29 is 4.39 Å². The molecule has 0 N–H and O–H groups in total. The summed E-state index contributed by atoms with van der Waals surface area (Å²) in [6.45, 7) is 8.51. The molecule has 1 heteroatoms. The second-order valence-corrected chi connectivity index (χ2v) is 6.04. The highest BCUT2D eigenvalue weighted by atomic mass is 19.1. The predicted octanol–water partition coefficient (Wildman–Crippen LogP) is 4.75. The van der Waals surface area contributed by atoms with Crippen molar-refractivity contribution in [3.8, 4) is 0 Å². The Kier molecular flexibility index (Phi) is 3.42. The Labute approximate surface area is 99.3 Å². The monoisotopic (exact) mass is 224 g/mol. The van der Waals surface area contributed by atoms with Crippen molar-refractivity contribution in [2.45, 2.75) is 58.5 Å². The van der Waals surface area contributed by atoms with Crippen LogP contribution in [0.25, 0.3) is 0 Å². The number of hydrogen-bond acceptors (Lipinski definition) is 0. The van der Waals surface area contributed by atoms with Crippen molar-refractivity contribution in [3.05, 3.63) is 12.7 Å². The average Bonchev–Trinajstić information content (AvgIpc) is 2.60. The van der Waals surface area contributed by atoms with Gasteiger partial charge in [-0.3, -0.25) is 0 Å². The van der Waals surface area contributed by atoms with Crippen LogP contribution in [0.5, 0.6) is 0 Å². The van der Waals surface area contributed by atoms with Gasteiger partial charge in [-0.15, -0.1) is 6.58 Å². The van der Waals surface area contributed by atoms with Gasteiger partial charge in [-0.2, -0.15) is 0 Å². The summed E-state index contributed by atoms with van der Waals surface area (Å²) in [4.78, 5) is 0. The Morgan fingerprint density at radius 2 is 2.12 bits per heavy atom. The van der Waals surface area contributed by atoms with E-state index in [0.717, 1.165) is 25.2 Å². The second kappa shape index (κ2) is 4.50. The van der Waals surface area contributed by atoms with E-state index in [1.807, 2.05) is 6.08 Å². The molecule has 0 saturated heterocycles. The molecule has 2 fully saturated rings. The molecule has 0 amide bonds. The summed E-state index contributed by atoms with van der Waals surface area (Å²) in [6, 6.07) is 0. The standard InChI is InChI=1S/C15H25F/c1-4-6-12-13-8-7-11(5-2)15(13,3)10-9-14(12)16/h4,11-14H,1,5-10H2,2-3H3. The molecule has 2 rings (SSSR count). The smallest absolute Gasteiger partial charge is 0.104 e. The van der Waals surface area contributed by atoms with E-state index in [-0.39, 0.29) is 5.92 Å². The third kappa shape index (κ3) is 1.72. The molecule has 0 aromatic carbocycles. The van der Waals surface area contributed by atoms with E-state index < -0.39 is 6.17 Å². The molecule has 0 aromatic rings. The SMILES string of the molecule is C=CCC1C(F)CCC2(C)C(CC)CCC12. The van der Waals surface area contributed by atoms with Crippen molar-refractivity contribution in [1.29, 1.82) is 0 Å². The largest absolute Gasteiger partial charge is 0.247 e. The van der Waals surface area contributed by atoms with Gasteiger partial charge in [0.2, 0.25) is 0 Å². The van der Waals surface area contributed by atoms with Crippen LogP contribution in [-0.4, -0.2) is 6.17 Å². The number of alkyl halides is 1. The zero-order valence-electron chi connectivity index (χ0n) is 10.7. The molecule has 5 unspecified atom stereocenters. The molecule has 92 valence electrons. The zero-order chi connectivity index (χ0) is 11.8. The second-order valence-electron chi connectivity index (χ2n) is 6.04. The third-order valence-electron chi connectivity index (χ3n) is 5.48. The van der Waals surface area contributed by atoms with Gasteiger partial charge in [-0.25, -0.2) is 4.39 Å². The van der Waals surface area contributed by atoms with Crippen LogP contribution in [0.3, 0.4) is 0 Å². The molecule has 0 radical (unpaired) electrons. The first-order chi connectivity index (χ1) is 7.63. The molecule has 2 aliphatic carbocycles. The van der Waals surface area contributed by atoms with Gasteiger partial charge in [0, 0.05) is 0 Å². The number of allylic oxidation sites excluding steroid dienone is 1. The Morgan fingerprint density at radius 3 is 2.75 bits per heavy atom. The quantitative estimate of drug-likeness (QED) is 0.607. The van der Waals surface area contributed by atoms with Crippen LogP contribution >= 0.6 is 0 Å². The van der Waals surface area contributed by atoms with Crippen LogP contribution < -0.4 is 0 Å². The van der Waals surface area contributed by atoms with E-state index in [4.69, 9.17) is 0 Å². The van der Waals surface area contributed by atoms with Crippen molar-refractivity contribution in [2.75, 3.05) is 0 Å². The maximum atomic E-state index is 14.0. The summed E-state index contributed by atoms with van der Waals surface area (Å²) in [5.41, 5.74) is 0.422. The van der Waals surface area contributed by atoms with Crippen LogP contribution in [0, 0.1) is 23.2 Å². The van der Waals surface area contributed by atoms with Gasteiger partial charge in [-0.05, 0) is 55.3 Å². The van der Waals surface area contributed by atoms with Gasteiger partial charge in [0.15, 0.2) is 0 Å². The minimum Gasteiger partial charge on any atom is -0.247 e. The number of hydrogen-bond donors (Lipinski definition) is 0. The first kappa shape index (κ1) is 12.1. The van der Waals surface area contributed by atoms with Crippen molar-refractivity contribution in [2.24, 2.45) is 23.2 Å². The molecule has 2 aliphatic rings. The van der Waals surface area contributed by atoms with Crippen LogP contribution in [0.4, 0.5) is 4.39 Å². The van der Waals surface area contributed by atoms with Gasteiger partial charge in [0.05, 0.1) is 0 Å². The molecule has 0 aromatic heterocycles. The van der Waals surface area contributed by atoms with E-state index in [1.54, 1.807) is 0 Å². The maximum Gasteiger partial charge on any atom is 0.104 e. The first-order valence-corrected chi connectivity index (χ1v) is 6.88. The van der Waals surface area contributed by atoms with Crippen molar-refractivity contribution >= 4 is 0 Å². The van der Waals surface area contributed by atoms with Gasteiger partial charge >= 0.3 is 0 Å². The average molecular weight is 224 g/mol. The fourth-order valence-corrected chi connectivity index (χ4v) is 4.53. The number of halogens is 1. The Bertz CT molecular complexity index is 260. The van der Waals surface area contributed by atoms with Gasteiger partial charge in [-0.1, -0.05) is 26.3 Å². The molecule has 0 heterocycles. The van der Waals surface area contributed by atoms with Gasteiger partial charge < -0.3 is 0 Å². The number of rotatable bonds is 3. The molecule has 5 atom stereocenters. The van der Waals surface area contributed by atoms with Crippen LogP contribution in [0.1, 0.15) is 52.4 Å². The zero-order valence-corrected chi connectivity index (χ0v) is 10.7. The minimum absolute atomic E-state index is 0.257. The highest BCUT2D eigenvalue weighted by Crippen LogP contribution is 2.59. The number of fused-ring (bicyclic) bond motifs is 1. The molecule has 0 bridgehead atoms.